The van der Waals surface area contributed by atoms with E-state index in [0.717, 1.165) is 11.1 Å². The van der Waals surface area contributed by atoms with Crippen molar-refractivity contribution in [3.63, 3.8) is 0 Å². The van der Waals surface area contributed by atoms with Crippen LogP contribution in [0.2, 0.25) is 0 Å². The highest BCUT2D eigenvalue weighted by molar-refractivity contribution is 6.06. The first-order valence-corrected chi connectivity index (χ1v) is 6.44. The summed E-state index contributed by atoms with van der Waals surface area (Å²) in [5, 5.41) is 3.36. The number of aromatic nitrogens is 2. The van der Waals surface area contributed by atoms with E-state index < -0.39 is 41.8 Å². The van der Waals surface area contributed by atoms with Gasteiger partial charge in [-0.2, -0.15) is 27.1 Å². The highest BCUT2D eigenvalue weighted by Gasteiger charge is 2.55. The number of rotatable bonds is 1. The highest BCUT2D eigenvalue weighted by Crippen LogP contribution is 2.43. The van der Waals surface area contributed by atoms with E-state index in [1.807, 2.05) is 0 Å². The van der Waals surface area contributed by atoms with Gasteiger partial charge in [0, 0.05) is 6.61 Å². The predicted molar refractivity (Wildman–Crippen MR) is 59.1 cm³/mol. The Morgan fingerprint density at radius 2 is 2.00 bits per heavy atom. The number of Topliss-reactive ketones (excluding diaryl/α,β-unsaturated/α-hetero) is 1. The van der Waals surface area contributed by atoms with Gasteiger partial charge in [-0.15, -0.1) is 0 Å². The van der Waals surface area contributed by atoms with E-state index in [9.17, 15) is 26.7 Å². The molecule has 1 aromatic rings. The lowest BCUT2D eigenvalue weighted by Crippen LogP contribution is -2.28. The van der Waals surface area contributed by atoms with E-state index in [1.165, 1.54) is 0 Å². The van der Waals surface area contributed by atoms with Gasteiger partial charge in [0.2, 0.25) is 5.78 Å². The summed E-state index contributed by atoms with van der Waals surface area (Å²) in [6.45, 7) is 0.324. The summed E-state index contributed by atoms with van der Waals surface area (Å²) < 4.78 is 71.9. The number of fused-ring (bicyclic) bond motifs is 1. The number of ketones is 1. The lowest BCUT2D eigenvalue weighted by atomic mass is 10.1. The molecule has 1 aliphatic heterocycles. The summed E-state index contributed by atoms with van der Waals surface area (Å²) in [7, 11) is 0. The molecule has 4 nitrogen and oxygen atoms in total. The van der Waals surface area contributed by atoms with Crippen molar-refractivity contribution >= 4 is 5.78 Å². The summed E-state index contributed by atoms with van der Waals surface area (Å²) >= 11 is 0. The van der Waals surface area contributed by atoms with Gasteiger partial charge in [0.1, 0.15) is 0 Å². The molecule has 3 rings (SSSR count). The molecule has 21 heavy (non-hydrogen) atoms. The van der Waals surface area contributed by atoms with Crippen LogP contribution in [0.4, 0.5) is 22.0 Å². The Labute approximate surface area is 115 Å². The van der Waals surface area contributed by atoms with Gasteiger partial charge in [0.25, 0.3) is 0 Å². The quantitative estimate of drug-likeness (QED) is 0.749. The minimum absolute atomic E-state index is 0.324. The molecule has 0 saturated carbocycles. The monoisotopic (exact) mass is 310 g/mol. The largest absolute Gasteiger partial charge is 0.435 e. The summed E-state index contributed by atoms with van der Waals surface area (Å²) in [4.78, 5) is 11.5. The Morgan fingerprint density at radius 3 is 2.57 bits per heavy atom. The molecule has 0 spiro atoms. The molecule has 1 aromatic heterocycles. The molecule has 0 radical (unpaired) electrons. The van der Waals surface area contributed by atoms with Crippen LogP contribution in [0.1, 0.15) is 47.2 Å². The standard InChI is InChI=1S/C12H11F5N2O2/c13-11(14)5-6-8(10(11)20)9(12(15,16)17)18-19(6)7-3-1-2-4-21-7/h7H,1-5H2. The summed E-state index contributed by atoms with van der Waals surface area (Å²) in [5.41, 5.74) is -2.94. The minimum atomic E-state index is -4.96. The van der Waals surface area contributed by atoms with E-state index in [-0.39, 0.29) is 5.69 Å². The first-order chi connectivity index (χ1) is 9.72. The van der Waals surface area contributed by atoms with Gasteiger partial charge in [0.15, 0.2) is 11.9 Å². The number of carbonyl (C=O) groups excluding carboxylic acids is 1. The van der Waals surface area contributed by atoms with Gasteiger partial charge in [-0.05, 0) is 19.3 Å². The number of carbonyl (C=O) groups is 1. The topological polar surface area (TPSA) is 44.1 Å². The molecule has 1 atom stereocenters. The first-order valence-electron chi connectivity index (χ1n) is 6.44. The number of halogens is 5. The molecule has 1 saturated heterocycles. The van der Waals surface area contributed by atoms with Gasteiger partial charge < -0.3 is 4.74 Å². The Bertz CT molecular complexity index is 587. The van der Waals surface area contributed by atoms with E-state index >= 15 is 0 Å². The van der Waals surface area contributed by atoms with Crippen LogP contribution >= 0.6 is 0 Å². The molecular formula is C12H11F5N2O2. The van der Waals surface area contributed by atoms with Crippen molar-refractivity contribution in [3.05, 3.63) is 17.0 Å². The molecule has 0 aromatic carbocycles. The summed E-state index contributed by atoms with van der Waals surface area (Å²) in [6, 6.07) is 0. The van der Waals surface area contributed by atoms with Crippen LogP contribution in [0.3, 0.4) is 0 Å². The zero-order valence-electron chi connectivity index (χ0n) is 10.7. The average Bonchev–Trinajstić information content (AvgIpc) is 2.86. The zero-order valence-corrected chi connectivity index (χ0v) is 10.7. The van der Waals surface area contributed by atoms with Gasteiger partial charge in [-0.25, -0.2) is 4.68 Å². The smallest absolute Gasteiger partial charge is 0.357 e. The first kappa shape index (κ1) is 14.4. The Hall–Kier alpha value is -1.51. The highest BCUT2D eigenvalue weighted by atomic mass is 19.4. The van der Waals surface area contributed by atoms with Crippen LogP contribution < -0.4 is 0 Å². The molecule has 1 aliphatic carbocycles. The van der Waals surface area contributed by atoms with Crippen molar-refractivity contribution in [2.24, 2.45) is 0 Å². The molecule has 9 heteroatoms. The number of nitrogens with zero attached hydrogens (tertiary/aromatic N) is 2. The van der Waals surface area contributed by atoms with Gasteiger partial charge >= 0.3 is 12.1 Å². The third-order valence-electron chi connectivity index (χ3n) is 3.66. The third-order valence-corrected chi connectivity index (χ3v) is 3.66. The Kier molecular flexibility index (Phi) is 3.09. The number of hydrogen-bond acceptors (Lipinski definition) is 3. The fourth-order valence-electron chi connectivity index (χ4n) is 2.70. The van der Waals surface area contributed by atoms with Crippen LogP contribution in [0.5, 0.6) is 0 Å². The molecular weight excluding hydrogens is 299 g/mol. The maximum Gasteiger partial charge on any atom is 0.435 e. The molecule has 1 fully saturated rings. The molecule has 0 N–H and O–H groups in total. The van der Waals surface area contributed by atoms with Crippen molar-refractivity contribution in [1.82, 2.24) is 9.78 Å². The second-order valence-electron chi connectivity index (χ2n) is 5.14. The molecule has 1 unspecified atom stereocenters. The van der Waals surface area contributed by atoms with Crippen molar-refractivity contribution < 1.29 is 31.5 Å². The van der Waals surface area contributed by atoms with E-state index in [4.69, 9.17) is 4.74 Å². The molecule has 2 aliphatic rings. The fourth-order valence-corrected chi connectivity index (χ4v) is 2.70. The van der Waals surface area contributed by atoms with Crippen LogP contribution in [-0.4, -0.2) is 28.1 Å². The normalized spacial score (nSPS) is 25.2. The maximum absolute atomic E-state index is 13.5. The van der Waals surface area contributed by atoms with Gasteiger partial charge in [0.05, 0.1) is 17.7 Å². The van der Waals surface area contributed by atoms with E-state index in [0.29, 0.717) is 19.4 Å². The molecule has 2 heterocycles. The Balaban J connectivity index is 2.12. The Morgan fingerprint density at radius 1 is 1.29 bits per heavy atom. The number of ether oxygens (including phenoxy) is 1. The van der Waals surface area contributed by atoms with Crippen LogP contribution in [0, 0.1) is 0 Å². The summed E-state index contributed by atoms with van der Waals surface area (Å²) in [6.07, 6.45) is -5.02. The van der Waals surface area contributed by atoms with Crippen LogP contribution in [-0.2, 0) is 17.3 Å². The van der Waals surface area contributed by atoms with Crippen molar-refractivity contribution in [1.29, 1.82) is 0 Å². The minimum Gasteiger partial charge on any atom is -0.357 e. The molecule has 116 valence electrons. The number of hydrogen-bond donors (Lipinski definition) is 0. The van der Waals surface area contributed by atoms with Crippen LogP contribution in [0.25, 0.3) is 0 Å². The van der Waals surface area contributed by atoms with Gasteiger partial charge in [-0.1, -0.05) is 0 Å². The van der Waals surface area contributed by atoms with E-state index in [2.05, 4.69) is 5.10 Å². The zero-order chi connectivity index (χ0) is 15.4. The second-order valence-corrected chi connectivity index (χ2v) is 5.14. The fraction of sp³-hybridized carbons (Fsp3) is 0.667. The SMILES string of the molecule is O=C1c2c(C(F)(F)F)nn(C3CCCCO3)c2CC1(F)F. The van der Waals surface area contributed by atoms with Crippen LogP contribution in [0.15, 0.2) is 0 Å². The maximum atomic E-state index is 13.5. The van der Waals surface area contributed by atoms with E-state index in [1.54, 1.807) is 0 Å². The predicted octanol–water partition coefficient (Wildman–Crippen LogP) is 2.98. The van der Waals surface area contributed by atoms with Gasteiger partial charge in [-0.3, -0.25) is 4.79 Å². The van der Waals surface area contributed by atoms with Crippen molar-refractivity contribution in [3.8, 4) is 0 Å². The second kappa shape index (κ2) is 4.49. The van der Waals surface area contributed by atoms with Crippen molar-refractivity contribution in [2.45, 2.75) is 44.0 Å². The molecule has 0 amide bonds. The lowest BCUT2D eigenvalue weighted by Gasteiger charge is -2.24. The summed E-state index contributed by atoms with van der Waals surface area (Å²) in [5.74, 6) is -5.63. The third kappa shape index (κ3) is 2.23. The molecule has 0 bridgehead atoms. The lowest BCUT2D eigenvalue weighted by molar-refractivity contribution is -0.142. The average molecular weight is 310 g/mol. The van der Waals surface area contributed by atoms with Crippen molar-refractivity contribution in [2.75, 3.05) is 6.61 Å². The number of alkyl halides is 5.